The van der Waals surface area contributed by atoms with Crippen molar-refractivity contribution in [3.05, 3.63) is 46.8 Å². The van der Waals surface area contributed by atoms with E-state index in [1.165, 1.54) is 7.11 Å². The summed E-state index contributed by atoms with van der Waals surface area (Å²) in [4.78, 5) is 26.5. The Kier molecular flexibility index (Phi) is 6.87. The Hall–Kier alpha value is -2.87. The van der Waals surface area contributed by atoms with Crippen molar-refractivity contribution in [2.45, 2.75) is 39.4 Å². The molecule has 1 aromatic carbocycles. The first kappa shape index (κ1) is 20.9. The van der Waals surface area contributed by atoms with Crippen LogP contribution in [0.3, 0.4) is 0 Å². The Bertz CT molecular complexity index is 860. The fraction of sp³-hybridized carbons (Fsp3) is 0.476. The Morgan fingerprint density at radius 3 is 2.62 bits per heavy atom. The molecule has 0 saturated heterocycles. The molecule has 156 valence electrons. The molecule has 1 N–H and O–H groups in total. The highest BCUT2D eigenvalue weighted by atomic mass is 16.5. The van der Waals surface area contributed by atoms with E-state index in [-0.39, 0.29) is 11.9 Å². The van der Waals surface area contributed by atoms with Crippen LogP contribution in [0.5, 0.6) is 5.75 Å². The Balaban J connectivity index is 1.69. The number of hydrogen-bond donors (Lipinski definition) is 1. The summed E-state index contributed by atoms with van der Waals surface area (Å²) < 4.78 is 11.8. The van der Waals surface area contributed by atoms with Crippen molar-refractivity contribution < 1.29 is 19.1 Å². The molecule has 1 amide bonds. The van der Waals surface area contributed by atoms with Gasteiger partial charge >= 0.3 is 5.97 Å². The van der Waals surface area contributed by atoms with E-state index in [9.17, 15) is 9.59 Å². The van der Waals surface area contributed by atoms with Crippen molar-refractivity contribution in [2.24, 2.45) is 0 Å². The number of amides is 1. The zero-order valence-corrected chi connectivity index (χ0v) is 17.2. The highest BCUT2D eigenvalue weighted by molar-refractivity contribution is 5.94. The topological polar surface area (TPSA) is 85.7 Å². The van der Waals surface area contributed by atoms with Gasteiger partial charge in [-0.15, -0.1) is 0 Å². The average Bonchev–Trinajstić information content (AvgIpc) is 3.14. The van der Waals surface area contributed by atoms with Gasteiger partial charge in [-0.25, -0.2) is 0 Å². The molecule has 0 saturated carbocycles. The maximum absolute atomic E-state index is 12.9. The number of nitrogens with zero attached hydrogens (tertiary/aromatic N) is 3. The molecule has 1 aliphatic heterocycles. The van der Waals surface area contributed by atoms with Crippen LogP contribution in [-0.2, 0) is 35.6 Å². The van der Waals surface area contributed by atoms with Crippen LogP contribution in [0.2, 0.25) is 0 Å². The molecule has 8 heteroatoms. The predicted octanol–water partition coefficient (Wildman–Crippen LogP) is 1.76. The molecule has 1 aromatic heterocycles. The first-order valence-electron chi connectivity index (χ1n) is 9.84. The van der Waals surface area contributed by atoms with Crippen LogP contribution in [0.1, 0.15) is 40.7 Å². The number of nitrogens with one attached hydrogen (secondary N) is 1. The third-order valence-corrected chi connectivity index (χ3v) is 5.20. The molecule has 8 nitrogen and oxygen atoms in total. The third kappa shape index (κ3) is 4.95. The summed E-state index contributed by atoms with van der Waals surface area (Å²) >= 11 is 0. The SMILES string of the molecule is CCn1nc(C(=O)NCc2ccc(OC)cc2)c2c1CCN(CCC(=O)OC)C2. The van der Waals surface area contributed by atoms with Crippen molar-refractivity contribution in [3.8, 4) is 5.75 Å². The summed E-state index contributed by atoms with van der Waals surface area (Å²) in [5.41, 5.74) is 3.52. The van der Waals surface area contributed by atoms with E-state index in [1.807, 2.05) is 35.9 Å². The van der Waals surface area contributed by atoms with Crippen LogP contribution in [0.15, 0.2) is 24.3 Å². The largest absolute Gasteiger partial charge is 0.497 e. The van der Waals surface area contributed by atoms with E-state index >= 15 is 0 Å². The first-order valence-corrected chi connectivity index (χ1v) is 9.84. The number of methoxy groups -OCH3 is 2. The summed E-state index contributed by atoms with van der Waals surface area (Å²) in [5.74, 6) is 0.375. The lowest BCUT2D eigenvalue weighted by Crippen LogP contribution is -2.34. The normalized spacial score (nSPS) is 13.6. The maximum atomic E-state index is 12.9. The second-order valence-corrected chi connectivity index (χ2v) is 6.97. The monoisotopic (exact) mass is 400 g/mol. The van der Waals surface area contributed by atoms with Gasteiger partial charge in [0.15, 0.2) is 5.69 Å². The molecular formula is C21H28N4O4. The Morgan fingerprint density at radius 2 is 1.97 bits per heavy atom. The Morgan fingerprint density at radius 1 is 1.21 bits per heavy atom. The molecule has 0 fully saturated rings. The molecule has 0 bridgehead atoms. The molecule has 3 rings (SSSR count). The van der Waals surface area contributed by atoms with Gasteiger partial charge < -0.3 is 14.8 Å². The molecule has 0 unspecified atom stereocenters. The van der Waals surface area contributed by atoms with Crippen LogP contribution < -0.4 is 10.1 Å². The highest BCUT2D eigenvalue weighted by Crippen LogP contribution is 2.23. The van der Waals surface area contributed by atoms with Gasteiger partial charge in [0.05, 0.1) is 20.6 Å². The van der Waals surface area contributed by atoms with Gasteiger partial charge in [-0.2, -0.15) is 5.10 Å². The van der Waals surface area contributed by atoms with E-state index in [0.717, 1.165) is 42.1 Å². The number of rotatable bonds is 8. The highest BCUT2D eigenvalue weighted by Gasteiger charge is 2.27. The molecule has 1 aliphatic rings. The molecule has 0 spiro atoms. The molecule has 0 radical (unpaired) electrons. The van der Waals surface area contributed by atoms with E-state index in [0.29, 0.717) is 31.7 Å². The standard InChI is InChI=1S/C21H28N4O4/c1-4-25-18-9-11-24(12-10-19(26)29-3)14-17(18)20(23-25)21(27)22-13-15-5-7-16(28-2)8-6-15/h5-8H,4,9-14H2,1-3H3,(H,22,27). The number of carbonyl (C=O) groups excluding carboxylic acids is 2. The van der Waals surface area contributed by atoms with Gasteiger partial charge in [0.25, 0.3) is 5.91 Å². The number of ether oxygens (including phenoxy) is 2. The number of aromatic nitrogens is 2. The number of carbonyl (C=O) groups is 2. The number of hydrogen-bond acceptors (Lipinski definition) is 6. The van der Waals surface area contributed by atoms with Crippen LogP contribution in [0, 0.1) is 0 Å². The second kappa shape index (κ2) is 9.56. The zero-order chi connectivity index (χ0) is 20.8. The number of fused-ring (bicyclic) bond motifs is 1. The predicted molar refractivity (Wildman–Crippen MR) is 108 cm³/mol. The van der Waals surface area contributed by atoms with Gasteiger partial charge in [0.1, 0.15) is 5.75 Å². The van der Waals surface area contributed by atoms with Gasteiger partial charge in [-0.1, -0.05) is 12.1 Å². The summed E-state index contributed by atoms with van der Waals surface area (Å²) in [6, 6.07) is 7.59. The van der Waals surface area contributed by atoms with Crippen molar-refractivity contribution in [1.29, 1.82) is 0 Å². The Labute approximate surface area is 170 Å². The molecule has 0 aliphatic carbocycles. The molecule has 29 heavy (non-hydrogen) atoms. The molecule has 0 atom stereocenters. The zero-order valence-electron chi connectivity index (χ0n) is 17.2. The fourth-order valence-electron chi connectivity index (χ4n) is 3.54. The minimum atomic E-state index is -0.225. The minimum absolute atomic E-state index is 0.181. The van der Waals surface area contributed by atoms with E-state index in [4.69, 9.17) is 9.47 Å². The van der Waals surface area contributed by atoms with Crippen molar-refractivity contribution >= 4 is 11.9 Å². The third-order valence-electron chi connectivity index (χ3n) is 5.20. The van der Waals surface area contributed by atoms with Crippen molar-refractivity contribution in [1.82, 2.24) is 20.0 Å². The smallest absolute Gasteiger partial charge is 0.306 e. The first-order chi connectivity index (χ1) is 14.0. The average molecular weight is 400 g/mol. The fourth-order valence-corrected chi connectivity index (χ4v) is 3.54. The van der Waals surface area contributed by atoms with Gasteiger partial charge in [0, 0.05) is 50.4 Å². The lowest BCUT2D eigenvalue weighted by atomic mass is 10.0. The lowest BCUT2D eigenvalue weighted by molar-refractivity contribution is -0.141. The van der Waals surface area contributed by atoms with E-state index < -0.39 is 0 Å². The minimum Gasteiger partial charge on any atom is -0.497 e. The molecule has 2 heterocycles. The van der Waals surface area contributed by atoms with Crippen molar-refractivity contribution in [2.75, 3.05) is 27.3 Å². The summed E-state index contributed by atoms with van der Waals surface area (Å²) in [6.07, 6.45) is 1.15. The van der Waals surface area contributed by atoms with Gasteiger partial charge in [-0.3, -0.25) is 19.2 Å². The lowest BCUT2D eigenvalue weighted by Gasteiger charge is -2.27. The van der Waals surface area contributed by atoms with Crippen molar-refractivity contribution in [3.63, 3.8) is 0 Å². The van der Waals surface area contributed by atoms with Crippen LogP contribution >= 0.6 is 0 Å². The van der Waals surface area contributed by atoms with Gasteiger partial charge in [0.2, 0.25) is 0 Å². The van der Waals surface area contributed by atoms with Gasteiger partial charge in [-0.05, 0) is 24.6 Å². The van der Waals surface area contributed by atoms with Crippen LogP contribution in [0.4, 0.5) is 0 Å². The van der Waals surface area contributed by atoms with E-state index in [2.05, 4.69) is 15.3 Å². The maximum Gasteiger partial charge on any atom is 0.306 e. The second-order valence-electron chi connectivity index (χ2n) is 6.97. The van der Waals surface area contributed by atoms with E-state index in [1.54, 1.807) is 7.11 Å². The summed E-state index contributed by atoms with van der Waals surface area (Å²) in [7, 11) is 3.02. The number of aryl methyl sites for hydroxylation is 1. The number of benzene rings is 1. The van der Waals surface area contributed by atoms with Crippen LogP contribution in [-0.4, -0.2) is 53.9 Å². The molecular weight excluding hydrogens is 372 g/mol. The summed E-state index contributed by atoms with van der Waals surface area (Å²) in [5, 5.41) is 7.53. The summed E-state index contributed by atoms with van der Waals surface area (Å²) in [6.45, 7) is 5.21. The quantitative estimate of drug-likeness (QED) is 0.680. The van der Waals surface area contributed by atoms with Crippen LogP contribution in [0.25, 0.3) is 0 Å². The number of esters is 1. The molecule has 2 aromatic rings.